The zero-order valence-electron chi connectivity index (χ0n) is 16.6. The maximum Gasteiger partial charge on any atom is 0.268 e. The van der Waals surface area contributed by atoms with E-state index >= 15 is 0 Å². The maximum absolute atomic E-state index is 13.6. The van der Waals surface area contributed by atoms with Crippen molar-refractivity contribution in [3.63, 3.8) is 0 Å². The van der Waals surface area contributed by atoms with Crippen LogP contribution in [0.3, 0.4) is 0 Å². The Morgan fingerprint density at radius 3 is 2.35 bits per heavy atom. The molecule has 31 heavy (non-hydrogen) atoms. The van der Waals surface area contributed by atoms with Crippen molar-refractivity contribution in [2.75, 3.05) is 18.0 Å². The van der Waals surface area contributed by atoms with Gasteiger partial charge in [-0.2, -0.15) is 0 Å². The summed E-state index contributed by atoms with van der Waals surface area (Å²) >= 11 is 12.5. The van der Waals surface area contributed by atoms with Gasteiger partial charge in [0.15, 0.2) is 0 Å². The minimum absolute atomic E-state index is 0.0857. The lowest BCUT2D eigenvalue weighted by atomic mass is 10.0. The van der Waals surface area contributed by atoms with Gasteiger partial charge in [-0.1, -0.05) is 53.5 Å². The highest BCUT2D eigenvalue weighted by Gasteiger charge is 2.31. The number of carbonyl (C=O) groups is 1. The summed E-state index contributed by atoms with van der Waals surface area (Å²) in [5.74, 6) is -0.657. The topological polar surface area (TPSA) is 89.7 Å². The van der Waals surface area contributed by atoms with Crippen LogP contribution in [-0.2, 0) is 21.2 Å². The van der Waals surface area contributed by atoms with E-state index in [9.17, 15) is 13.2 Å². The predicted molar refractivity (Wildman–Crippen MR) is 122 cm³/mol. The highest BCUT2D eigenvalue weighted by Crippen LogP contribution is 2.34. The van der Waals surface area contributed by atoms with Crippen LogP contribution < -0.4 is 14.8 Å². The molecule has 0 unspecified atom stereocenters. The van der Waals surface area contributed by atoms with Gasteiger partial charge < -0.3 is 10.5 Å². The maximum atomic E-state index is 13.6. The Bertz CT molecular complexity index is 1220. The number of anilines is 1. The third kappa shape index (κ3) is 5.12. The second-order valence-corrected chi connectivity index (χ2v) is 9.34. The molecule has 0 bridgehead atoms. The average molecular weight is 479 g/mol. The van der Waals surface area contributed by atoms with E-state index in [0.29, 0.717) is 22.0 Å². The molecule has 0 aliphatic heterocycles. The molecular weight excluding hydrogens is 459 g/mol. The number of methoxy groups -OCH3 is 1. The number of ether oxygens (including phenoxy) is 1. The van der Waals surface area contributed by atoms with Crippen molar-refractivity contribution in [3.05, 3.63) is 87.9 Å². The molecule has 3 aromatic rings. The van der Waals surface area contributed by atoms with Gasteiger partial charge in [0.25, 0.3) is 10.0 Å². The number of rotatable bonds is 8. The first kappa shape index (κ1) is 22.9. The van der Waals surface area contributed by atoms with Gasteiger partial charge in [0, 0.05) is 16.5 Å². The van der Waals surface area contributed by atoms with E-state index in [1.807, 2.05) is 12.1 Å². The number of halogens is 2. The van der Waals surface area contributed by atoms with Crippen molar-refractivity contribution in [1.29, 1.82) is 0 Å². The van der Waals surface area contributed by atoms with Crippen molar-refractivity contribution in [1.82, 2.24) is 0 Å². The molecule has 0 saturated carbocycles. The zero-order valence-corrected chi connectivity index (χ0v) is 18.9. The number of hydrogen-bond acceptors (Lipinski definition) is 4. The predicted octanol–water partition coefficient (Wildman–Crippen LogP) is 4.27. The Labute approximate surface area is 191 Å². The third-order valence-electron chi connectivity index (χ3n) is 4.59. The molecule has 0 saturated heterocycles. The first-order valence-corrected chi connectivity index (χ1v) is 11.4. The van der Waals surface area contributed by atoms with Gasteiger partial charge in [0.1, 0.15) is 17.2 Å². The number of hydrogen-bond donors (Lipinski definition) is 1. The summed E-state index contributed by atoms with van der Waals surface area (Å²) < 4.78 is 33.4. The van der Waals surface area contributed by atoms with Crippen LogP contribution in [0.15, 0.2) is 71.6 Å². The van der Waals surface area contributed by atoms with Crippen LogP contribution in [0.5, 0.6) is 5.75 Å². The van der Waals surface area contributed by atoms with Gasteiger partial charge in [0.05, 0.1) is 12.8 Å². The Morgan fingerprint density at radius 1 is 1.00 bits per heavy atom. The summed E-state index contributed by atoms with van der Waals surface area (Å²) in [7, 11) is -2.83. The molecule has 0 spiro atoms. The van der Waals surface area contributed by atoms with Gasteiger partial charge in [-0.3, -0.25) is 9.10 Å². The van der Waals surface area contributed by atoms with E-state index in [1.54, 1.807) is 42.5 Å². The summed E-state index contributed by atoms with van der Waals surface area (Å²) in [4.78, 5) is 11.8. The molecule has 9 heteroatoms. The molecule has 0 radical (unpaired) electrons. The van der Waals surface area contributed by atoms with Gasteiger partial charge in [-0.15, -0.1) is 0 Å². The zero-order chi connectivity index (χ0) is 22.6. The number of amides is 1. The summed E-state index contributed by atoms with van der Waals surface area (Å²) in [5, 5.41) is 0.946. The van der Waals surface area contributed by atoms with Gasteiger partial charge >= 0.3 is 0 Å². The lowest BCUT2D eigenvalue weighted by Crippen LogP contribution is -2.39. The number of primary amides is 1. The minimum atomic E-state index is -4.20. The number of nitrogens with zero attached hydrogens (tertiary/aromatic N) is 1. The van der Waals surface area contributed by atoms with Crippen LogP contribution in [0.2, 0.25) is 10.0 Å². The normalized spacial score (nSPS) is 11.2. The van der Waals surface area contributed by atoms with E-state index < -0.39 is 22.5 Å². The van der Waals surface area contributed by atoms with Crippen molar-refractivity contribution in [2.45, 2.75) is 11.3 Å². The van der Waals surface area contributed by atoms with Gasteiger partial charge in [-0.25, -0.2) is 8.42 Å². The van der Waals surface area contributed by atoms with E-state index in [0.717, 1.165) is 9.87 Å². The second-order valence-electron chi connectivity index (χ2n) is 6.67. The molecule has 2 N–H and O–H groups in total. The molecular formula is C22H20Cl2N2O4S. The molecule has 0 aromatic heterocycles. The third-order valence-corrected chi connectivity index (χ3v) is 6.99. The number of benzene rings is 3. The summed E-state index contributed by atoms with van der Waals surface area (Å²) in [5.41, 5.74) is 7.03. The first-order chi connectivity index (χ1) is 14.7. The summed E-state index contributed by atoms with van der Waals surface area (Å²) in [6.07, 6.45) is 0.298. The van der Waals surface area contributed by atoms with Crippen molar-refractivity contribution < 1.29 is 17.9 Å². The van der Waals surface area contributed by atoms with E-state index in [4.69, 9.17) is 33.7 Å². The molecule has 162 valence electrons. The first-order valence-electron chi connectivity index (χ1n) is 9.20. The molecule has 0 aliphatic rings. The number of sulfonamides is 1. The van der Waals surface area contributed by atoms with E-state index in [2.05, 4.69) is 0 Å². The quantitative estimate of drug-likeness (QED) is 0.523. The number of para-hydroxylation sites is 1. The SMILES string of the molecule is COc1ccccc1S(=O)(=O)N(CC(N)=O)c1ccc(Cl)cc1Cc1ccccc1Cl. The average Bonchev–Trinajstić information content (AvgIpc) is 2.74. The molecule has 1 amide bonds. The standard InChI is InChI=1S/C22H20Cl2N2O4S/c1-30-20-8-4-5-9-21(20)31(28,29)26(14-22(25)27)19-11-10-17(23)13-16(19)12-15-6-2-3-7-18(15)24/h2-11,13H,12,14H2,1H3,(H2,25,27). The van der Waals surface area contributed by atoms with Gasteiger partial charge in [-0.05, 0) is 47.5 Å². The highest BCUT2D eigenvalue weighted by molar-refractivity contribution is 7.93. The summed E-state index contributed by atoms with van der Waals surface area (Å²) in [6.45, 7) is -0.558. The van der Waals surface area contributed by atoms with Crippen molar-refractivity contribution >= 4 is 44.8 Å². The smallest absolute Gasteiger partial charge is 0.268 e. The van der Waals surface area contributed by atoms with Crippen molar-refractivity contribution in [2.24, 2.45) is 5.73 Å². The molecule has 0 fully saturated rings. The van der Waals surface area contributed by atoms with Crippen LogP contribution in [0.25, 0.3) is 0 Å². The number of carbonyl (C=O) groups excluding carboxylic acids is 1. The lowest BCUT2D eigenvalue weighted by Gasteiger charge is -2.26. The second kappa shape index (κ2) is 9.60. The van der Waals surface area contributed by atoms with E-state index in [1.165, 1.54) is 19.2 Å². The summed E-state index contributed by atoms with van der Waals surface area (Å²) in [6, 6.07) is 18.1. The fourth-order valence-electron chi connectivity index (χ4n) is 3.18. The van der Waals surface area contributed by atoms with Crippen molar-refractivity contribution in [3.8, 4) is 5.75 Å². The highest BCUT2D eigenvalue weighted by atomic mass is 35.5. The molecule has 0 aliphatic carbocycles. The molecule has 6 nitrogen and oxygen atoms in total. The Balaban J connectivity index is 2.18. The van der Waals surface area contributed by atoms with Crippen LogP contribution in [-0.4, -0.2) is 28.0 Å². The fraction of sp³-hybridized carbons (Fsp3) is 0.136. The molecule has 3 rings (SSSR count). The Kier molecular flexibility index (Phi) is 7.10. The van der Waals surface area contributed by atoms with Crippen LogP contribution in [0, 0.1) is 0 Å². The monoisotopic (exact) mass is 478 g/mol. The number of nitrogens with two attached hydrogens (primary N) is 1. The Hall–Kier alpha value is -2.74. The lowest BCUT2D eigenvalue weighted by molar-refractivity contribution is -0.116. The van der Waals surface area contributed by atoms with Crippen LogP contribution in [0.4, 0.5) is 5.69 Å². The Morgan fingerprint density at radius 2 is 1.68 bits per heavy atom. The van der Waals surface area contributed by atoms with Crippen LogP contribution in [0.1, 0.15) is 11.1 Å². The fourth-order valence-corrected chi connectivity index (χ4v) is 5.20. The van der Waals surface area contributed by atoms with Gasteiger partial charge in [0.2, 0.25) is 5.91 Å². The largest absolute Gasteiger partial charge is 0.495 e. The molecule has 3 aromatic carbocycles. The molecule has 0 heterocycles. The minimum Gasteiger partial charge on any atom is -0.495 e. The van der Waals surface area contributed by atoms with Crippen LogP contribution >= 0.6 is 23.2 Å². The van der Waals surface area contributed by atoms with E-state index in [-0.39, 0.29) is 16.3 Å². The molecule has 0 atom stereocenters.